The van der Waals surface area contributed by atoms with Crippen LogP contribution >= 0.6 is 0 Å². The van der Waals surface area contributed by atoms with E-state index < -0.39 is 5.82 Å². The summed E-state index contributed by atoms with van der Waals surface area (Å²) in [5.74, 6) is 7.99. The van der Waals surface area contributed by atoms with Crippen LogP contribution in [-0.4, -0.2) is 6.61 Å². The molecular weight excluding hydrogens is 426 g/mol. The zero-order valence-electron chi connectivity index (χ0n) is 19.9. The van der Waals surface area contributed by atoms with E-state index in [-0.39, 0.29) is 18.2 Å². The molecule has 178 valence electrons. The fourth-order valence-corrected chi connectivity index (χ4v) is 5.78. The number of hydrogen-bond acceptors (Lipinski definition) is 1. The number of ether oxygens (including phenoxy) is 1. The van der Waals surface area contributed by atoms with Crippen molar-refractivity contribution in [2.75, 3.05) is 6.61 Å². The lowest BCUT2D eigenvalue weighted by Gasteiger charge is -2.42. The van der Waals surface area contributed by atoms with E-state index in [0.29, 0.717) is 17.0 Å². The molecule has 2 aliphatic carbocycles. The smallest absolute Gasteiger partial charge is 0.166 e. The number of benzene rings is 2. The Balaban J connectivity index is 1.39. The van der Waals surface area contributed by atoms with Gasteiger partial charge in [0.2, 0.25) is 0 Å². The van der Waals surface area contributed by atoms with Gasteiger partial charge in [0.1, 0.15) is 12.4 Å². The number of fused-ring (bicyclic) bond motifs is 1. The summed E-state index contributed by atoms with van der Waals surface area (Å²) in [6.07, 6.45) is 13.6. The van der Waals surface area contributed by atoms with E-state index in [1.54, 1.807) is 24.3 Å². The molecular formula is C31H34F2O. The summed E-state index contributed by atoms with van der Waals surface area (Å²) in [7, 11) is 0. The molecule has 0 heterocycles. The third-order valence-corrected chi connectivity index (χ3v) is 7.60. The third kappa shape index (κ3) is 5.98. The van der Waals surface area contributed by atoms with Gasteiger partial charge in [0.25, 0.3) is 0 Å². The van der Waals surface area contributed by atoms with Crippen molar-refractivity contribution in [2.24, 2.45) is 17.8 Å². The molecule has 0 amide bonds. The molecule has 4 rings (SSSR count). The minimum absolute atomic E-state index is 0.154. The first-order chi connectivity index (χ1) is 16.6. The Morgan fingerprint density at radius 3 is 2.47 bits per heavy atom. The van der Waals surface area contributed by atoms with Crippen LogP contribution in [0.4, 0.5) is 8.78 Å². The lowest BCUT2D eigenvalue weighted by Crippen LogP contribution is -2.30. The van der Waals surface area contributed by atoms with Crippen LogP contribution in [0.25, 0.3) is 0 Å². The van der Waals surface area contributed by atoms with Gasteiger partial charge in [-0.3, -0.25) is 0 Å². The van der Waals surface area contributed by atoms with Crippen LogP contribution in [0, 0.1) is 41.2 Å². The zero-order valence-corrected chi connectivity index (χ0v) is 19.9. The van der Waals surface area contributed by atoms with E-state index in [2.05, 4.69) is 25.0 Å². The van der Waals surface area contributed by atoms with E-state index in [1.807, 2.05) is 12.1 Å². The fraction of sp³-hybridized carbons (Fsp3) is 0.419. The third-order valence-electron chi connectivity index (χ3n) is 7.60. The van der Waals surface area contributed by atoms with E-state index in [9.17, 15) is 8.78 Å². The highest BCUT2D eigenvalue weighted by Crippen LogP contribution is 2.48. The summed E-state index contributed by atoms with van der Waals surface area (Å²) in [5.41, 5.74) is 1.91. The molecule has 0 bridgehead atoms. The van der Waals surface area contributed by atoms with Gasteiger partial charge in [0.05, 0.1) is 5.56 Å². The Labute approximate surface area is 202 Å². The Hall–Kier alpha value is -2.86. The van der Waals surface area contributed by atoms with Crippen LogP contribution in [-0.2, 0) is 0 Å². The summed E-state index contributed by atoms with van der Waals surface area (Å²) >= 11 is 0. The second kappa shape index (κ2) is 11.5. The maximum atomic E-state index is 14.9. The highest BCUT2D eigenvalue weighted by Gasteiger charge is 2.35. The number of hydrogen-bond donors (Lipinski definition) is 0. The number of halogens is 2. The number of allylic oxidation sites excluding steroid dienone is 1. The SMILES string of the molecule is C=CCCC1CCC2CC(c3ccc(C#Cc4ccc(OCC=C)c(F)c4)c(F)c3)CCC2C1. The monoisotopic (exact) mass is 460 g/mol. The molecule has 2 aromatic rings. The van der Waals surface area contributed by atoms with Gasteiger partial charge in [-0.05, 0) is 105 Å². The molecule has 2 aromatic carbocycles. The maximum absolute atomic E-state index is 14.9. The molecule has 34 heavy (non-hydrogen) atoms. The van der Waals surface area contributed by atoms with Crippen LogP contribution in [0.5, 0.6) is 5.75 Å². The van der Waals surface area contributed by atoms with Crippen LogP contribution in [0.2, 0.25) is 0 Å². The fourth-order valence-electron chi connectivity index (χ4n) is 5.78. The van der Waals surface area contributed by atoms with Crippen molar-refractivity contribution in [1.29, 1.82) is 0 Å². The predicted octanol–water partition coefficient (Wildman–Crippen LogP) is 8.20. The van der Waals surface area contributed by atoms with Crippen LogP contribution in [0.15, 0.2) is 61.7 Å². The first kappa shape index (κ1) is 24.3. The van der Waals surface area contributed by atoms with Gasteiger partial charge < -0.3 is 4.74 Å². The predicted molar refractivity (Wildman–Crippen MR) is 135 cm³/mol. The van der Waals surface area contributed by atoms with Crippen molar-refractivity contribution in [2.45, 2.75) is 57.3 Å². The Morgan fingerprint density at radius 2 is 1.71 bits per heavy atom. The molecule has 4 atom stereocenters. The summed E-state index contributed by atoms with van der Waals surface area (Å²) < 4.78 is 34.2. The average Bonchev–Trinajstić information content (AvgIpc) is 2.85. The molecule has 2 fully saturated rings. The van der Waals surface area contributed by atoms with Gasteiger partial charge in [-0.2, -0.15) is 0 Å². The standard InChI is InChI=1S/C31H34F2O/c1-3-5-6-22-8-11-26-20-27(15-14-25(26)18-22)28-13-12-24(29(32)21-28)10-7-23-9-16-31(30(33)19-23)34-17-4-2/h3-4,9,12-13,16,19,21-22,25-27H,1-2,5-6,8,11,14-15,17-18,20H2. The highest BCUT2D eigenvalue weighted by molar-refractivity contribution is 5.46. The van der Waals surface area contributed by atoms with Gasteiger partial charge in [0.15, 0.2) is 11.6 Å². The Morgan fingerprint density at radius 1 is 0.882 bits per heavy atom. The molecule has 0 saturated heterocycles. The molecule has 0 radical (unpaired) electrons. The van der Waals surface area contributed by atoms with Crippen LogP contribution in [0.3, 0.4) is 0 Å². The topological polar surface area (TPSA) is 9.23 Å². The minimum atomic E-state index is -0.491. The minimum Gasteiger partial charge on any atom is -0.486 e. The molecule has 2 aliphatic rings. The van der Waals surface area contributed by atoms with Gasteiger partial charge in [-0.1, -0.05) is 43.1 Å². The Kier molecular flexibility index (Phi) is 8.22. The maximum Gasteiger partial charge on any atom is 0.166 e. The van der Waals surface area contributed by atoms with Gasteiger partial charge >= 0.3 is 0 Å². The quantitative estimate of drug-likeness (QED) is 0.299. The van der Waals surface area contributed by atoms with Crippen molar-refractivity contribution in [3.63, 3.8) is 0 Å². The molecule has 2 saturated carbocycles. The average molecular weight is 461 g/mol. The zero-order chi connectivity index (χ0) is 23.9. The van der Waals surface area contributed by atoms with Crippen molar-refractivity contribution < 1.29 is 13.5 Å². The highest BCUT2D eigenvalue weighted by atomic mass is 19.1. The molecule has 1 nitrogen and oxygen atoms in total. The summed E-state index contributed by atoms with van der Waals surface area (Å²) in [5, 5.41) is 0. The normalized spacial score (nSPS) is 23.8. The van der Waals surface area contributed by atoms with Crippen molar-refractivity contribution >= 4 is 0 Å². The second-order valence-electron chi connectivity index (χ2n) is 9.81. The molecule has 4 unspecified atom stereocenters. The lowest BCUT2D eigenvalue weighted by molar-refractivity contribution is 0.115. The summed E-state index contributed by atoms with van der Waals surface area (Å²) in [6, 6.07) is 9.98. The van der Waals surface area contributed by atoms with Crippen molar-refractivity contribution in [3.05, 3.63) is 90.0 Å². The molecule has 3 heteroatoms. The van der Waals surface area contributed by atoms with E-state index in [1.165, 1.54) is 50.7 Å². The lowest BCUT2D eigenvalue weighted by atomic mass is 9.63. The first-order valence-corrected chi connectivity index (χ1v) is 12.5. The molecule has 0 aliphatic heterocycles. The van der Waals surface area contributed by atoms with Gasteiger partial charge in [-0.15, -0.1) is 6.58 Å². The van der Waals surface area contributed by atoms with E-state index >= 15 is 0 Å². The van der Waals surface area contributed by atoms with Gasteiger partial charge in [-0.25, -0.2) is 8.78 Å². The molecule has 0 spiro atoms. The van der Waals surface area contributed by atoms with E-state index in [4.69, 9.17) is 4.74 Å². The van der Waals surface area contributed by atoms with Crippen LogP contribution < -0.4 is 4.74 Å². The Bertz CT molecular complexity index is 1080. The van der Waals surface area contributed by atoms with Crippen LogP contribution in [0.1, 0.15) is 74.0 Å². The van der Waals surface area contributed by atoms with E-state index in [0.717, 1.165) is 36.2 Å². The molecule has 0 aromatic heterocycles. The largest absolute Gasteiger partial charge is 0.486 e. The first-order valence-electron chi connectivity index (χ1n) is 12.5. The number of rotatable bonds is 7. The summed E-state index contributed by atoms with van der Waals surface area (Å²) in [4.78, 5) is 0. The molecule has 0 N–H and O–H groups in total. The van der Waals surface area contributed by atoms with Crippen molar-refractivity contribution in [3.8, 4) is 17.6 Å². The summed E-state index contributed by atoms with van der Waals surface area (Å²) in [6.45, 7) is 7.65. The van der Waals surface area contributed by atoms with Gasteiger partial charge in [0, 0.05) is 5.56 Å². The van der Waals surface area contributed by atoms with Crippen molar-refractivity contribution in [1.82, 2.24) is 0 Å². The second-order valence-corrected chi connectivity index (χ2v) is 9.81.